The van der Waals surface area contributed by atoms with E-state index >= 15 is 0 Å². The summed E-state index contributed by atoms with van der Waals surface area (Å²) in [5.41, 5.74) is 5.22. The summed E-state index contributed by atoms with van der Waals surface area (Å²) in [6.07, 6.45) is 5.02. The minimum atomic E-state index is -0.461. The molecule has 0 saturated carbocycles. The number of para-hydroxylation sites is 1. The number of rotatable bonds is 10. The lowest BCUT2D eigenvalue weighted by molar-refractivity contribution is -0.147. The average molecular weight is 465 g/mol. The topological polar surface area (TPSA) is 82.8 Å². The van der Waals surface area contributed by atoms with Gasteiger partial charge in [-0.2, -0.15) is 0 Å². The molecule has 176 valence electrons. The van der Waals surface area contributed by atoms with Crippen molar-refractivity contribution in [1.29, 1.82) is 0 Å². The van der Waals surface area contributed by atoms with Gasteiger partial charge in [0.05, 0.1) is 11.9 Å². The van der Waals surface area contributed by atoms with E-state index in [-0.39, 0.29) is 12.6 Å². The lowest BCUT2D eigenvalue weighted by Gasteiger charge is -2.17. The van der Waals surface area contributed by atoms with Crippen LogP contribution < -0.4 is 5.32 Å². The second kappa shape index (κ2) is 10.8. The van der Waals surface area contributed by atoms with Crippen LogP contribution in [0.2, 0.25) is 0 Å². The Morgan fingerprint density at radius 2 is 1.69 bits per heavy atom. The van der Waals surface area contributed by atoms with Crippen LogP contribution in [0.1, 0.15) is 23.4 Å². The van der Waals surface area contributed by atoms with Gasteiger partial charge in [-0.1, -0.05) is 78.9 Å². The SMILES string of the molecule is O=C(OCc1ccccc1)[C@H](CCc1ncc(-c2ccccc2)[nH]1)NCc1c[nH]c2ccccc12. The molecule has 0 aliphatic rings. The number of hydrogen-bond acceptors (Lipinski definition) is 4. The number of fused-ring (bicyclic) bond motifs is 1. The summed E-state index contributed by atoms with van der Waals surface area (Å²) in [5.74, 6) is 0.585. The standard InChI is InChI=1S/C29H28N4O2/c34-29(35-20-21-9-3-1-4-10-21)26(31-18-23-17-30-25-14-8-7-13-24(23)25)15-16-28-32-19-27(33-28)22-11-5-2-6-12-22/h1-14,17,19,26,30-31H,15-16,18,20H2,(H,32,33)/t26-/m0/s1. The third kappa shape index (κ3) is 5.67. The van der Waals surface area contributed by atoms with Crippen molar-refractivity contribution in [2.45, 2.75) is 32.0 Å². The molecule has 2 heterocycles. The van der Waals surface area contributed by atoms with Crippen molar-refractivity contribution < 1.29 is 9.53 Å². The van der Waals surface area contributed by atoms with Crippen molar-refractivity contribution >= 4 is 16.9 Å². The fourth-order valence-electron chi connectivity index (χ4n) is 4.18. The summed E-state index contributed by atoms with van der Waals surface area (Å²) in [6, 6.07) is 27.5. The summed E-state index contributed by atoms with van der Waals surface area (Å²) >= 11 is 0. The minimum Gasteiger partial charge on any atom is -0.460 e. The molecule has 5 rings (SSSR count). The molecule has 0 bridgehead atoms. The Morgan fingerprint density at radius 3 is 2.51 bits per heavy atom. The van der Waals surface area contributed by atoms with Gasteiger partial charge in [0.25, 0.3) is 0 Å². The Labute approximate surface area is 204 Å². The van der Waals surface area contributed by atoms with E-state index in [9.17, 15) is 4.79 Å². The maximum atomic E-state index is 13.1. The number of carbonyl (C=O) groups excluding carboxylic acids is 1. The van der Waals surface area contributed by atoms with Crippen molar-refractivity contribution in [3.05, 3.63) is 114 Å². The first kappa shape index (κ1) is 22.6. The Bertz CT molecular complexity index is 1380. The van der Waals surface area contributed by atoms with Gasteiger partial charge in [0.2, 0.25) is 0 Å². The normalized spacial score (nSPS) is 12.0. The Balaban J connectivity index is 1.26. The number of aromatic nitrogens is 3. The molecule has 35 heavy (non-hydrogen) atoms. The highest BCUT2D eigenvalue weighted by Gasteiger charge is 2.21. The lowest BCUT2D eigenvalue weighted by atomic mass is 10.1. The minimum absolute atomic E-state index is 0.254. The zero-order valence-corrected chi connectivity index (χ0v) is 19.4. The molecule has 5 aromatic rings. The van der Waals surface area contributed by atoms with E-state index in [4.69, 9.17) is 4.74 Å². The van der Waals surface area contributed by atoms with Gasteiger partial charge in [0.1, 0.15) is 18.5 Å². The van der Waals surface area contributed by atoms with Gasteiger partial charge in [-0.05, 0) is 29.2 Å². The van der Waals surface area contributed by atoms with Crippen LogP contribution in [0, 0.1) is 0 Å². The first-order chi connectivity index (χ1) is 17.3. The summed E-state index contributed by atoms with van der Waals surface area (Å²) < 4.78 is 5.67. The quantitative estimate of drug-likeness (QED) is 0.242. The van der Waals surface area contributed by atoms with E-state index in [1.54, 1.807) is 0 Å². The molecule has 0 fully saturated rings. The van der Waals surface area contributed by atoms with E-state index in [2.05, 4.69) is 26.3 Å². The molecule has 3 aromatic carbocycles. The van der Waals surface area contributed by atoms with Crippen LogP contribution >= 0.6 is 0 Å². The van der Waals surface area contributed by atoms with Crippen molar-refractivity contribution in [3.8, 4) is 11.3 Å². The number of nitrogens with one attached hydrogen (secondary N) is 3. The molecule has 0 saturated heterocycles. The second-order valence-corrected chi connectivity index (χ2v) is 8.53. The highest BCUT2D eigenvalue weighted by molar-refractivity contribution is 5.83. The van der Waals surface area contributed by atoms with Crippen LogP contribution in [0.15, 0.2) is 97.3 Å². The average Bonchev–Trinajstić information content (AvgIpc) is 3.56. The Kier molecular flexibility index (Phi) is 7.01. The molecule has 0 spiro atoms. The van der Waals surface area contributed by atoms with Crippen LogP contribution in [0.5, 0.6) is 0 Å². The highest BCUT2D eigenvalue weighted by Crippen LogP contribution is 2.19. The zero-order chi connectivity index (χ0) is 23.9. The molecule has 0 amide bonds. The number of esters is 1. The predicted octanol–water partition coefficient (Wildman–Crippen LogP) is 5.39. The molecule has 6 heteroatoms. The molecule has 1 atom stereocenters. The van der Waals surface area contributed by atoms with E-state index in [1.807, 2.05) is 91.3 Å². The molecule has 3 N–H and O–H groups in total. The van der Waals surface area contributed by atoms with Crippen molar-refractivity contribution in [3.63, 3.8) is 0 Å². The first-order valence-electron chi connectivity index (χ1n) is 11.8. The number of ether oxygens (including phenoxy) is 1. The van der Waals surface area contributed by atoms with Crippen LogP contribution in [0.3, 0.4) is 0 Å². The molecule has 0 unspecified atom stereocenters. The summed E-state index contributed by atoms with van der Waals surface area (Å²) in [6.45, 7) is 0.812. The van der Waals surface area contributed by atoms with E-state index in [0.29, 0.717) is 19.4 Å². The summed E-state index contributed by atoms with van der Waals surface area (Å²) in [4.78, 5) is 24.3. The molecule has 6 nitrogen and oxygen atoms in total. The largest absolute Gasteiger partial charge is 0.460 e. The van der Waals surface area contributed by atoms with Crippen molar-refractivity contribution in [2.75, 3.05) is 0 Å². The molecular weight excluding hydrogens is 436 g/mol. The summed E-state index contributed by atoms with van der Waals surface area (Å²) in [5, 5.41) is 4.57. The van der Waals surface area contributed by atoms with E-state index < -0.39 is 6.04 Å². The number of aryl methyl sites for hydroxylation is 1. The van der Waals surface area contributed by atoms with Gasteiger partial charge in [-0.3, -0.25) is 4.79 Å². The summed E-state index contributed by atoms with van der Waals surface area (Å²) in [7, 11) is 0. The molecule has 2 aromatic heterocycles. The fraction of sp³-hybridized carbons (Fsp3) is 0.172. The lowest BCUT2D eigenvalue weighted by Crippen LogP contribution is -2.38. The second-order valence-electron chi connectivity index (χ2n) is 8.53. The molecule has 0 radical (unpaired) electrons. The number of hydrogen-bond donors (Lipinski definition) is 3. The number of nitrogens with zero attached hydrogens (tertiary/aromatic N) is 1. The molecular formula is C29H28N4O2. The van der Waals surface area contributed by atoms with Gasteiger partial charge in [0, 0.05) is 30.1 Å². The van der Waals surface area contributed by atoms with Crippen LogP contribution in [-0.2, 0) is 29.1 Å². The van der Waals surface area contributed by atoms with E-state index in [0.717, 1.165) is 39.1 Å². The van der Waals surface area contributed by atoms with Crippen LogP contribution in [-0.4, -0.2) is 27.0 Å². The third-order valence-electron chi connectivity index (χ3n) is 6.11. The maximum absolute atomic E-state index is 13.1. The number of carbonyl (C=O) groups is 1. The van der Waals surface area contributed by atoms with Gasteiger partial charge in [0.15, 0.2) is 0 Å². The molecule has 0 aliphatic carbocycles. The predicted molar refractivity (Wildman–Crippen MR) is 138 cm³/mol. The smallest absolute Gasteiger partial charge is 0.323 e. The fourth-order valence-corrected chi connectivity index (χ4v) is 4.18. The van der Waals surface area contributed by atoms with Gasteiger partial charge < -0.3 is 20.0 Å². The van der Waals surface area contributed by atoms with Crippen LogP contribution in [0.4, 0.5) is 0 Å². The van der Waals surface area contributed by atoms with Crippen molar-refractivity contribution in [1.82, 2.24) is 20.3 Å². The maximum Gasteiger partial charge on any atom is 0.323 e. The third-order valence-corrected chi connectivity index (χ3v) is 6.11. The number of imidazole rings is 1. The monoisotopic (exact) mass is 464 g/mol. The first-order valence-corrected chi connectivity index (χ1v) is 11.8. The zero-order valence-electron chi connectivity index (χ0n) is 19.4. The Hall–Kier alpha value is -4.16. The van der Waals surface area contributed by atoms with Gasteiger partial charge in [-0.25, -0.2) is 4.98 Å². The Morgan fingerprint density at radius 1 is 0.943 bits per heavy atom. The van der Waals surface area contributed by atoms with Gasteiger partial charge >= 0.3 is 5.97 Å². The van der Waals surface area contributed by atoms with Crippen molar-refractivity contribution in [2.24, 2.45) is 0 Å². The van der Waals surface area contributed by atoms with E-state index in [1.165, 1.54) is 0 Å². The highest BCUT2D eigenvalue weighted by atomic mass is 16.5. The number of benzene rings is 3. The number of aromatic amines is 2. The van der Waals surface area contributed by atoms with Gasteiger partial charge in [-0.15, -0.1) is 0 Å². The molecule has 0 aliphatic heterocycles. The van der Waals surface area contributed by atoms with Crippen LogP contribution in [0.25, 0.3) is 22.2 Å². The number of H-pyrrole nitrogens is 2.